The highest BCUT2D eigenvalue weighted by atomic mass is 35.5. The van der Waals surface area contributed by atoms with Crippen LogP contribution in [0.3, 0.4) is 0 Å². The van der Waals surface area contributed by atoms with Crippen molar-refractivity contribution in [3.05, 3.63) is 53.1 Å². The maximum atomic E-state index is 6.15. The molecule has 0 fully saturated rings. The number of anilines is 2. The van der Waals surface area contributed by atoms with Crippen molar-refractivity contribution >= 4 is 23.0 Å². The number of nitrogens with zero attached hydrogens (tertiary/aromatic N) is 1. The molecular formula is C17H21ClN2O. The second-order valence-corrected chi connectivity index (χ2v) is 5.65. The van der Waals surface area contributed by atoms with Crippen LogP contribution in [0.25, 0.3) is 0 Å². The molecule has 21 heavy (non-hydrogen) atoms. The third-order valence-corrected chi connectivity index (χ3v) is 3.65. The van der Waals surface area contributed by atoms with Gasteiger partial charge in [-0.2, -0.15) is 0 Å². The normalized spacial score (nSPS) is 12.0. The molecule has 112 valence electrons. The van der Waals surface area contributed by atoms with Crippen LogP contribution in [0, 0.1) is 0 Å². The number of hydrogen-bond acceptors (Lipinski definition) is 3. The summed E-state index contributed by atoms with van der Waals surface area (Å²) in [5.41, 5.74) is 9.27. The standard InChI is InChI=1S/C17H21ClN2O/c1-12(19)10-13-4-5-14(18)11-17(13)20(2)15-6-8-16(21-3)9-7-15/h4-9,11-12H,10,19H2,1-3H3. The Bertz CT molecular complexity index is 596. The van der Waals surface area contributed by atoms with Gasteiger partial charge in [-0.25, -0.2) is 0 Å². The minimum Gasteiger partial charge on any atom is -0.497 e. The molecule has 0 heterocycles. The first-order valence-corrected chi connectivity index (χ1v) is 7.31. The first-order chi connectivity index (χ1) is 10.0. The quantitative estimate of drug-likeness (QED) is 0.907. The summed E-state index contributed by atoms with van der Waals surface area (Å²) >= 11 is 6.15. The third-order valence-electron chi connectivity index (χ3n) is 3.41. The van der Waals surface area contributed by atoms with E-state index in [4.69, 9.17) is 22.1 Å². The fourth-order valence-corrected chi connectivity index (χ4v) is 2.48. The molecule has 0 saturated carbocycles. The Morgan fingerprint density at radius 1 is 1.19 bits per heavy atom. The average Bonchev–Trinajstić information content (AvgIpc) is 2.48. The lowest BCUT2D eigenvalue weighted by molar-refractivity contribution is 0.415. The van der Waals surface area contributed by atoms with E-state index in [2.05, 4.69) is 4.90 Å². The zero-order valence-electron chi connectivity index (χ0n) is 12.6. The van der Waals surface area contributed by atoms with Crippen LogP contribution in [-0.4, -0.2) is 20.2 Å². The number of rotatable bonds is 5. The van der Waals surface area contributed by atoms with Gasteiger partial charge < -0.3 is 15.4 Å². The number of nitrogens with two attached hydrogens (primary N) is 1. The Kier molecular flexibility index (Phi) is 5.10. The summed E-state index contributed by atoms with van der Waals surface area (Å²) in [6.45, 7) is 2.01. The first kappa shape index (κ1) is 15.7. The fraction of sp³-hybridized carbons (Fsp3) is 0.294. The highest BCUT2D eigenvalue weighted by Crippen LogP contribution is 2.31. The van der Waals surface area contributed by atoms with Crippen LogP contribution in [0.5, 0.6) is 5.75 Å². The van der Waals surface area contributed by atoms with Crippen LogP contribution >= 0.6 is 11.6 Å². The zero-order chi connectivity index (χ0) is 15.4. The van der Waals surface area contributed by atoms with Crippen LogP contribution in [0.15, 0.2) is 42.5 Å². The zero-order valence-corrected chi connectivity index (χ0v) is 13.4. The van der Waals surface area contributed by atoms with Crippen molar-refractivity contribution in [2.45, 2.75) is 19.4 Å². The van der Waals surface area contributed by atoms with Crippen molar-refractivity contribution in [2.75, 3.05) is 19.1 Å². The smallest absolute Gasteiger partial charge is 0.119 e. The number of ether oxygens (including phenoxy) is 1. The van der Waals surface area contributed by atoms with Gasteiger partial charge in [-0.05, 0) is 55.3 Å². The van der Waals surface area contributed by atoms with E-state index in [1.54, 1.807) is 7.11 Å². The minimum absolute atomic E-state index is 0.106. The molecule has 1 atom stereocenters. The van der Waals surface area contributed by atoms with Crippen LogP contribution in [-0.2, 0) is 6.42 Å². The topological polar surface area (TPSA) is 38.5 Å². The van der Waals surface area contributed by atoms with Crippen molar-refractivity contribution in [2.24, 2.45) is 5.73 Å². The molecule has 4 heteroatoms. The Morgan fingerprint density at radius 3 is 2.43 bits per heavy atom. The predicted octanol–water partition coefficient (Wildman–Crippen LogP) is 4.01. The van der Waals surface area contributed by atoms with E-state index in [0.717, 1.165) is 28.6 Å². The average molecular weight is 305 g/mol. The second kappa shape index (κ2) is 6.83. The molecule has 0 amide bonds. The SMILES string of the molecule is COc1ccc(N(C)c2cc(Cl)ccc2CC(C)N)cc1. The molecule has 0 radical (unpaired) electrons. The van der Waals surface area contributed by atoms with E-state index in [1.807, 2.05) is 56.4 Å². The Balaban J connectivity index is 2.36. The molecule has 3 nitrogen and oxygen atoms in total. The number of methoxy groups -OCH3 is 1. The van der Waals surface area contributed by atoms with E-state index in [1.165, 1.54) is 5.56 Å². The van der Waals surface area contributed by atoms with Gasteiger partial charge >= 0.3 is 0 Å². The molecule has 0 saturated heterocycles. The minimum atomic E-state index is 0.106. The van der Waals surface area contributed by atoms with Crippen molar-refractivity contribution < 1.29 is 4.74 Å². The summed E-state index contributed by atoms with van der Waals surface area (Å²) in [5, 5.41) is 0.721. The molecule has 1 unspecified atom stereocenters. The van der Waals surface area contributed by atoms with Gasteiger partial charge in [-0.15, -0.1) is 0 Å². The summed E-state index contributed by atoms with van der Waals surface area (Å²) in [6, 6.07) is 14.0. The van der Waals surface area contributed by atoms with Gasteiger partial charge in [0.05, 0.1) is 7.11 Å². The van der Waals surface area contributed by atoms with E-state index >= 15 is 0 Å². The maximum Gasteiger partial charge on any atom is 0.119 e. The van der Waals surface area contributed by atoms with Gasteiger partial charge in [0, 0.05) is 29.5 Å². The molecule has 0 bridgehead atoms. The summed E-state index contributed by atoms with van der Waals surface area (Å²) in [5.74, 6) is 0.842. The fourth-order valence-electron chi connectivity index (χ4n) is 2.31. The summed E-state index contributed by atoms with van der Waals surface area (Å²) in [4.78, 5) is 2.11. The number of hydrogen-bond donors (Lipinski definition) is 1. The highest BCUT2D eigenvalue weighted by Gasteiger charge is 2.11. The molecule has 0 aromatic heterocycles. The lowest BCUT2D eigenvalue weighted by Crippen LogP contribution is -2.20. The van der Waals surface area contributed by atoms with Crippen LogP contribution in [0.1, 0.15) is 12.5 Å². The first-order valence-electron chi connectivity index (χ1n) is 6.93. The van der Waals surface area contributed by atoms with Crippen LogP contribution in [0.4, 0.5) is 11.4 Å². The van der Waals surface area contributed by atoms with Gasteiger partial charge in [-0.3, -0.25) is 0 Å². The van der Waals surface area contributed by atoms with E-state index < -0.39 is 0 Å². The Hall–Kier alpha value is -1.71. The van der Waals surface area contributed by atoms with Gasteiger partial charge in [0.2, 0.25) is 0 Å². The molecule has 0 spiro atoms. The Morgan fingerprint density at radius 2 is 1.86 bits per heavy atom. The molecular weight excluding hydrogens is 284 g/mol. The molecule has 0 aliphatic carbocycles. The molecule has 0 aliphatic rings. The van der Waals surface area contributed by atoms with Crippen molar-refractivity contribution in [1.82, 2.24) is 0 Å². The predicted molar refractivity (Wildman–Crippen MR) is 89.9 cm³/mol. The third kappa shape index (κ3) is 3.90. The van der Waals surface area contributed by atoms with Gasteiger partial charge in [-0.1, -0.05) is 17.7 Å². The highest BCUT2D eigenvalue weighted by molar-refractivity contribution is 6.30. The van der Waals surface area contributed by atoms with Gasteiger partial charge in [0.1, 0.15) is 5.75 Å². The number of halogens is 1. The molecule has 2 rings (SSSR count). The molecule has 2 aromatic rings. The van der Waals surface area contributed by atoms with E-state index in [9.17, 15) is 0 Å². The van der Waals surface area contributed by atoms with Crippen LogP contribution < -0.4 is 15.4 Å². The summed E-state index contributed by atoms with van der Waals surface area (Å²) in [6.07, 6.45) is 0.812. The molecule has 2 aromatic carbocycles. The second-order valence-electron chi connectivity index (χ2n) is 5.21. The van der Waals surface area contributed by atoms with Crippen molar-refractivity contribution in [3.63, 3.8) is 0 Å². The Labute approximate surface area is 131 Å². The lowest BCUT2D eigenvalue weighted by atomic mass is 10.0. The van der Waals surface area contributed by atoms with Gasteiger partial charge in [0.25, 0.3) is 0 Å². The number of benzene rings is 2. The van der Waals surface area contributed by atoms with Crippen LogP contribution in [0.2, 0.25) is 5.02 Å². The van der Waals surface area contributed by atoms with Crippen molar-refractivity contribution in [1.29, 1.82) is 0 Å². The lowest BCUT2D eigenvalue weighted by Gasteiger charge is -2.24. The molecule has 0 aliphatic heterocycles. The summed E-state index contributed by atoms with van der Waals surface area (Å²) in [7, 11) is 3.69. The monoisotopic (exact) mass is 304 g/mol. The largest absolute Gasteiger partial charge is 0.497 e. The van der Waals surface area contributed by atoms with Gasteiger partial charge in [0.15, 0.2) is 0 Å². The molecule has 2 N–H and O–H groups in total. The van der Waals surface area contributed by atoms with E-state index in [0.29, 0.717) is 0 Å². The summed E-state index contributed by atoms with van der Waals surface area (Å²) < 4.78 is 5.19. The van der Waals surface area contributed by atoms with Crippen molar-refractivity contribution in [3.8, 4) is 5.75 Å². The van der Waals surface area contributed by atoms with E-state index in [-0.39, 0.29) is 6.04 Å². The maximum absolute atomic E-state index is 6.15.